The smallest absolute Gasteiger partial charge is 0.0145 e. The molecule has 2 atom stereocenters. The summed E-state index contributed by atoms with van der Waals surface area (Å²) < 4.78 is 0. The third-order valence-electron chi connectivity index (χ3n) is 3.64. The molecule has 15 heavy (non-hydrogen) atoms. The van der Waals surface area contributed by atoms with Crippen LogP contribution in [-0.2, 0) is 0 Å². The zero-order chi connectivity index (χ0) is 10.3. The van der Waals surface area contributed by atoms with E-state index in [-0.39, 0.29) is 0 Å². The highest BCUT2D eigenvalue weighted by Gasteiger charge is 2.41. The molecular formula is C13H18N2. The van der Waals surface area contributed by atoms with Crippen LogP contribution in [0.25, 0.3) is 0 Å². The number of rotatable bonds is 3. The Labute approximate surface area is 90.9 Å². The summed E-state index contributed by atoms with van der Waals surface area (Å²) in [4.78, 5) is 0. The lowest BCUT2D eigenvalue weighted by molar-refractivity contribution is 0.289. The third kappa shape index (κ3) is 1.92. The lowest BCUT2D eigenvalue weighted by atomic mass is 9.87. The molecular weight excluding hydrogens is 184 g/mol. The molecule has 0 heterocycles. The third-order valence-corrected chi connectivity index (χ3v) is 3.64. The van der Waals surface area contributed by atoms with Crippen molar-refractivity contribution in [2.75, 3.05) is 0 Å². The molecule has 2 saturated carbocycles. The highest BCUT2D eigenvalue weighted by Crippen LogP contribution is 2.41. The number of hydrogen-bond donors (Lipinski definition) is 2. The second-order valence-electron chi connectivity index (χ2n) is 4.95. The summed E-state index contributed by atoms with van der Waals surface area (Å²) in [6.07, 6.45) is 3.63. The van der Waals surface area contributed by atoms with Crippen LogP contribution in [0, 0.1) is 0 Å². The molecule has 2 heteroatoms. The molecule has 2 aliphatic carbocycles. The highest BCUT2D eigenvalue weighted by atomic mass is 15.0. The number of benzene rings is 1. The first kappa shape index (κ1) is 9.37. The van der Waals surface area contributed by atoms with Gasteiger partial charge in [0.15, 0.2) is 0 Å². The SMILES string of the molecule is NC1CC(NC2CC2c2ccccc2)C1. The van der Waals surface area contributed by atoms with E-state index in [1.165, 1.54) is 12.0 Å². The van der Waals surface area contributed by atoms with Crippen LogP contribution in [0.1, 0.15) is 30.7 Å². The molecule has 1 aromatic carbocycles. The van der Waals surface area contributed by atoms with Crippen molar-refractivity contribution in [3.05, 3.63) is 35.9 Å². The van der Waals surface area contributed by atoms with Gasteiger partial charge >= 0.3 is 0 Å². The van der Waals surface area contributed by atoms with E-state index in [4.69, 9.17) is 5.73 Å². The van der Waals surface area contributed by atoms with Crippen LogP contribution in [0.15, 0.2) is 30.3 Å². The van der Waals surface area contributed by atoms with Crippen LogP contribution in [0.2, 0.25) is 0 Å². The summed E-state index contributed by atoms with van der Waals surface area (Å²) >= 11 is 0. The molecule has 0 spiro atoms. The molecule has 80 valence electrons. The largest absolute Gasteiger partial charge is 0.328 e. The first-order valence-electron chi connectivity index (χ1n) is 5.89. The maximum atomic E-state index is 5.77. The standard InChI is InChI=1S/C13H18N2/c14-10-6-11(7-10)15-13-8-12(13)9-4-2-1-3-5-9/h1-5,10-13,15H,6-8,14H2. The molecule has 0 saturated heterocycles. The average Bonchev–Trinajstić information content (AvgIpc) is 2.96. The summed E-state index contributed by atoms with van der Waals surface area (Å²) in [5, 5.41) is 3.69. The van der Waals surface area contributed by atoms with Crippen molar-refractivity contribution in [3.63, 3.8) is 0 Å². The molecule has 1 aromatic rings. The molecule has 2 unspecified atom stereocenters. The molecule has 0 aromatic heterocycles. The Morgan fingerprint density at radius 2 is 1.80 bits per heavy atom. The van der Waals surface area contributed by atoms with Crippen molar-refractivity contribution >= 4 is 0 Å². The van der Waals surface area contributed by atoms with Gasteiger partial charge in [0.1, 0.15) is 0 Å². The van der Waals surface area contributed by atoms with Gasteiger partial charge < -0.3 is 11.1 Å². The number of nitrogens with one attached hydrogen (secondary N) is 1. The zero-order valence-corrected chi connectivity index (χ0v) is 8.89. The van der Waals surface area contributed by atoms with E-state index in [0.717, 1.165) is 18.8 Å². The molecule has 3 N–H and O–H groups in total. The van der Waals surface area contributed by atoms with Crippen LogP contribution in [0.3, 0.4) is 0 Å². The fourth-order valence-electron chi connectivity index (χ4n) is 2.55. The van der Waals surface area contributed by atoms with Gasteiger partial charge in [-0.3, -0.25) is 0 Å². The minimum atomic E-state index is 0.455. The van der Waals surface area contributed by atoms with Crippen LogP contribution < -0.4 is 11.1 Å². The first-order valence-corrected chi connectivity index (χ1v) is 5.89. The van der Waals surface area contributed by atoms with Gasteiger partial charge in [-0.2, -0.15) is 0 Å². The second kappa shape index (κ2) is 3.62. The lowest BCUT2D eigenvalue weighted by Gasteiger charge is -2.33. The van der Waals surface area contributed by atoms with E-state index in [1.54, 1.807) is 0 Å². The van der Waals surface area contributed by atoms with Crippen molar-refractivity contribution < 1.29 is 0 Å². The summed E-state index contributed by atoms with van der Waals surface area (Å²) in [6, 6.07) is 12.7. The summed E-state index contributed by atoms with van der Waals surface area (Å²) in [7, 11) is 0. The van der Waals surface area contributed by atoms with Gasteiger partial charge in [-0.1, -0.05) is 30.3 Å². The second-order valence-corrected chi connectivity index (χ2v) is 4.95. The van der Waals surface area contributed by atoms with Crippen LogP contribution in [-0.4, -0.2) is 18.1 Å². The highest BCUT2D eigenvalue weighted by molar-refractivity contribution is 5.27. The normalized spacial score (nSPS) is 38.5. The van der Waals surface area contributed by atoms with Gasteiger partial charge in [0, 0.05) is 24.0 Å². The molecule has 0 bridgehead atoms. The van der Waals surface area contributed by atoms with Gasteiger partial charge in [-0.15, -0.1) is 0 Å². The van der Waals surface area contributed by atoms with Crippen molar-refractivity contribution in [1.29, 1.82) is 0 Å². The monoisotopic (exact) mass is 202 g/mol. The fourth-order valence-corrected chi connectivity index (χ4v) is 2.55. The topological polar surface area (TPSA) is 38.0 Å². The van der Waals surface area contributed by atoms with E-state index in [9.17, 15) is 0 Å². The molecule has 2 fully saturated rings. The molecule has 2 aliphatic rings. The minimum absolute atomic E-state index is 0.455. The van der Waals surface area contributed by atoms with Crippen LogP contribution in [0.4, 0.5) is 0 Å². The Bertz CT molecular complexity index is 330. The van der Waals surface area contributed by atoms with Gasteiger partial charge in [0.25, 0.3) is 0 Å². The average molecular weight is 202 g/mol. The van der Waals surface area contributed by atoms with Crippen LogP contribution >= 0.6 is 0 Å². The first-order chi connectivity index (χ1) is 7.33. The van der Waals surface area contributed by atoms with E-state index >= 15 is 0 Å². The summed E-state index contributed by atoms with van der Waals surface area (Å²) in [5.74, 6) is 0.753. The van der Waals surface area contributed by atoms with Gasteiger partial charge in [0.05, 0.1) is 0 Å². The number of nitrogens with two attached hydrogens (primary N) is 1. The Balaban J connectivity index is 1.52. The quantitative estimate of drug-likeness (QED) is 0.781. The fraction of sp³-hybridized carbons (Fsp3) is 0.538. The molecule has 0 radical (unpaired) electrons. The van der Waals surface area contributed by atoms with Gasteiger partial charge in [0.2, 0.25) is 0 Å². The van der Waals surface area contributed by atoms with Crippen molar-refractivity contribution in [2.45, 2.75) is 43.3 Å². The predicted molar refractivity (Wildman–Crippen MR) is 61.7 cm³/mol. The Hall–Kier alpha value is -0.860. The Morgan fingerprint density at radius 3 is 2.47 bits per heavy atom. The van der Waals surface area contributed by atoms with Crippen LogP contribution in [0.5, 0.6) is 0 Å². The minimum Gasteiger partial charge on any atom is -0.328 e. The lowest BCUT2D eigenvalue weighted by Crippen LogP contribution is -2.49. The molecule has 2 nitrogen and oxygen atoms in total. The maximum Gasteiger partial charge on any atom is 0.0145 e. The van der Waals surface area contributed by atoms with Gasteiger partial charge in [-0.25, -0.2) is 0 Å². The molecule has 0 aliphatic heterocycles. The molecule has 0 amide bonds. The van der Waals surface area contributed by atoms with E-state index in [2.05, 4.69) is 35.6 Å². The zero-order valence-electron chi connectivity index (χ0n) is 8.89. The van der Waals surface area contributed by atoms with Crippen molar-refractivity contribution in [1.82, 2.24) is 5.32 Å². The summed E-state index contributed by atoms with van der Waals surface area (Å²) in [6.45, 7) is 0. The Morgan fingerprint density at radius 1 is 1.07 bits per heavy atom. The predicted octanol–water partition coefficient (Wildman–Crippen LogP) is 1.62. The van der Waals surface area contributed by atoms with Gasteiger partial charge in [-0.05, 0) is 24.8 Å². The van der Waals surface area contributed by atoms with E-state index in [1.807, 2.05) is 0 Å². The summed E-state index contributed by atoms with van der Waals surface area (Å²) in [5.41, 5.74) is 7.26. The van der Waals surface area contributed by atoms with E-state index < -0.39 is 0 Å². The van der Waals surface area contributed by atoms with E-state index in [0.29, 0.717) is 18.1 Å². The maximum absolute atomic E-state index is 5.77. The Kier molecular flexibility index (Phi) is 2.26. The number of hydrogen-bond acceptors (Lipinski definition) is 2. The van der Waals surface area contributed by atoms with Crippen molar-refractivity contribution in [2.24, 2.45) is 5.73 Å². The van der Waals surface area contributed by atoms with Crippen molar-refractivity contribution in [3.8, 4) is 0 Å². The molecule has 3 rings (SSSR count).